The maximum atomic E-state index is 14.1. The minimum atomic E-state index is -0.586. The van der Waals surface area contributed by atoms with Gasteiger partial charge in [0.1, 0.15) is 23.1 Å². The zero-order chi connectivity index (χ0) is 25.3. The SMILES string of the molecule is O=C(NCCN(C(=O)Nc1ccccc1F)c1ccc(Oc2ccccc2)cc1)c1cccc(F)c1. The van der Waals surface area contributed by atoms with Crippen LogP contribution in [0.25, 0.3) is 0 Å². The summed E-state index contributed by atoms with van der Waals surface area (Å²) in [5.74, 6) is -0.336. The molecule has 0 fully saturated rings. The molecule has 0 aliphatic heterocycles. The van der Waals surface area contributed by atoms with Gasteiger partial charge in [0, 0.05) is 24.3 Å². The molecule has 6 nitrogen and oxygen atoms in total. The number of hydrogen-bond donors (Lipinski definition) is 2. The standard InChI is InChI=1S/C28H23F2N3O3/c29-21-8-6-7-20(19-21)27(34)31-17-18-33(28(35)32-26-12-5-4-11-25(26)30)22-13-15-24(16-14-22)36-23-9-2-1-3-10-23/h1-16,19H,17-18H2,(H,31,34)(H,32,35). The van der Waals surface area contributed by atoms with Crippen LogP contribution in [0.5, 0.6) is 11.5 Å². The molecule has 0 radical (unpaired) electrons. The largest absolute Gasteiger partial charge is 0.457 e. The molecule has 3 amide bonds. The molecule has 0 aliphatic rings. The zero-order valence-electron chi connectivity index (χ0n) is 19.2. The van der Waals surface area contributed by atoms with Crippen LogP contribution in [0, 0.1) is 11.6 Å². The van der Waals surface area contributed by atoms with Crippen molar-refractivity contribution in [3.05, 3.63) is 120 Å². The second-order valence-corrected chi connectivity index (χ2v) is 7.74. The lowest BCUT2D eigenvalue weighted by molar-refractivity contribution is 0.0954. The van der Waals surface area contributed by atoms with Gasteiger partial charge in [0.05, 0.1) is 5.69 Å². The number of para-hydroxylation sites is 2. The summed E-state index contributed by atoms with van der Waals surface area (Å²) in [6, 6.07) is 26.6. The first kappa shape index (κ1) is 24.4. The van der Waals surface area contributed by atoms with Crippen LogP contribution in [-0.4, -0.2) is 25.0 Å². The summed E-state index contributed by atoms with van der Waals surface area (Å²) in [6.07, 6.45) is 0. The van der Waals surface area contributed by atoms with Gasteiger partial charge in [-0.25, -0.2) is 13.6 Å². The Morgan fingerprint density at radius 1 is 0.778 bits per heavy atom. The number of nitrogens with one attached hydrogen (secondary N) is 2. The average Bonchev–Trinajstić information content (AvgIpc) is 2.89. The Bertz CT molecular complexity index is 1330. The number of carbonyl (C=O) groups is 2. The van der Waals surface area contributed by atoms with E-state index in [9.17, 15) is 18.4 Å². The van der Waals surface area contributed by atoms with Gasteiger partial charge in [0.15, 0.2) is 0 Å². The van der Waals surface area contributed by atoms with Gasteiger partial charge in [0.2, 0.25) is 0 Å². The molecule has 8 heteroatoms. The number of urea groups is 1. The Labute approximate surface area is 207 Å². The van der Waals surface area contributed by atoms with E-state index in [0.717, 1.165) is 6.07 Å². The maximum Gasteiger partial charge on any atom is 0.326 e. The molecule has 0 unspecified atom stereocenters. The lowest BCUT2D eigenvalue weighted by atomic mass is 10.2. The van der Waals surface area contributed by atoms with Gasteiger partial charge in [-0.2, -0.15) is 0 Å². The van der Waals surface area contributed by atoms with E-state index in [0.29, 0.717) is 17.2 Å². The monoisotopic (exact) mass is 487 g/mol. The van der Waals surface area contributed by atoms with E-state index in [2.05, 4.69) is 10.6 Å². The van der Waals surface area contributed by atoms with Crippen LogP contribution in [0.15, 0.2) is 103 Å². The molecule has 2 N–H and O–H groups in total. The van der Waals surface area contributed by atoms with Crippen LogP contribution in [0.1, 0.15) is 10.4 Å². The molecular formula is C28H23F2N3O3. The fourth-order valence-electron chi connectivity index (χ4n) is 3.42. The van der Waals surface area contributed by atoms with Crippen LogP contribution >= 0.6 is 0 Å². The molecule has 182 valence electrons. The van der Waals surface area contributed by atoms with Gasteiger partial charge in [-0.1, -0.05) is 36.4 Å². The average molecular weight is 488 g/mol. The highest BCUT2D eigenvalue weighted by Gasteiger charge is 2.18. The van der Waals surface area contributed by atoms with Crippen molar-refractivity contribution in [3.8, 4) is 11.5 Å². The third-order valence-electron chi connectivity index (χ3n) is 5.20. The number of halogens is 2. The summed E-state index contributed by atoms with van der Waals surface area (Å²) in [7, 11) is 0. The molecule has 4 rings (SSSR count). The fourth-order valence-corrected chi connectivity index (χ4v) is 3.42. The third-order valence-corrected chi connectivity index (χ3v) is 5.20. The number of rotatable bonds is 8. The molecule has 4 aromatic rings. The molecule has 0 saturated carbocycles. The predicted octanol–water partition coefficient (Wildman–Crippen LogP) is 6.23. The summed E-state index contributed by atoms with van der Waals surface area (Å²) >= 11 is 0. The van der Waals surface area contributed by atoms with E-state index in [1.165, 1.54) is 41.3 Å². The lowest BCUT2D eigenvalue weighted by Crippen LogP contribution is -2.41. The van der Waals surface area contributed by atoms with Crippen LogP contribution in [0.2, 0.25) is 0 Å². The molecule has 0 heterocycles. The van der Waals surface area contributed by atoms with Crippen molar-refractivity contribution in [2.24, 2.45) is 0 Å². The van der Waals surface area contributed by atoms with Crippen LogP contribution in [0.4, 0.5) is 25.0 Å². The minimum absolute atomic E-state index is 0.0281. The summed E-state index contributed by atoms with van der Waals surface area (Å²) in [5.41, 5.74) is 0.698. The summed E-state index contributed by atoms with van der Waals surface area (Å²) in [4.78, 5) is 26.8. The van der Waals surface area contributed by atoms with Crippen molar-refractivity contribution in [2.75, 3.05) is 23.3 Å². The topological polar surface area (TPSA) is 70.7 Å². The number of carbonyl (C=O) groups excluding carboxylic acids is 2. The Hall–Kier alpha value is -4.72. The third kappa shape index (κ3) is 6.44. The Morgan fingerprint density at radius 2 is 1.47 bits per heavy atom. The van der Waals surface area contributed by atoms with E-state index in [4.69, 9.17) is 4.74 Å². The van der Waals surface area contributed by atoms with Crippen LogP contribution in [-0.2, 0) is 0 Å². The molecular weight excluding hydrogens is 464 g/mol. The second-order valence-electron chi connectivity index (χ2n) is 7.74. The van der Waals surface area contributed by atoms with Gasteiger partial charge < -0.3 is 15.4 Å². The molecule has 0 atom stereocenters. The van der Waals surface area contributed by atoms with Gasteiger partial charge in [-0.15, -0.1) is 0 Å². The quantitative estimate of drug-likeness (QED) is 0.310. The molecule has 0 aromatic heterocycles. The molecule has 0 saturated heterocycles. The van der Waals surface area contributed by atoms with Crippen molar-refractivity contribution in [1.82, 2.24) is 5.32 Å². The van der Waals surface area contributed by atoms with Gasteiger partial charge in [0.25, 0.3) is 5.91 Å². The maximum absolute atomic E-state index is 14.1. The minimum Gasteiger partial charge on any atom is -0.457 e. The Morgan fingerprint density at radius 3 is 2.19 bits per heavy atom. The van der Waals surface area contributed by atoms with E-state index in [1.54, 1.807) is 30.3 Å². The summed E-state index contributed by atoms with van der Waals surface area (Å²) < 4.78 is 33.3. The zero-order valence-corrected chi connectivity index (χ0v) is 19.2. The number of ether oxygens (including phenoxy) is 1. The highest BCUT2D eigenvalue weighted by Crippen LogP contribution is 2.25. The van der Waals surface area contributed by atoms with Crippen molar-refractivity contribution in [2.45, 2.75) is 0 Å². The van der Waals surface area contributed by atoms with E-state index in [1.807, 2.05) is 30.3 Å². The molecule has 4 aromatic carbocycles. The highest BCUT2D eigenvalue weighted by molar-refractivity contribution is 6.02. The van der Waals surface area contributed by atoms with Crippen molar-refractivity contribution in [1.29, 1.82) is 0 Å². The van der Waals surface area contributed by atoms with Crippen molar-refractivity contribution in [3.63, 3.8) is 0 Å². The smallest absolute Gasteiger partial charge is 0.326 e. The Kier molecular flexibility index (Phi) is 7.87. The number of amides is 3. The number of hydrogen-bond acceptors (Lipinski definition) is 3. The highest BCUT2D eigenvalue weighted by atomic mass is 19.1. The lowest BCUT2D eigenvalue weighted by Gasteiger charge is -2.24. The molecule has 0 aliphatic carbocycles. The molecule has 0 bridgehead atoms. The van der Waals surface area contributed by atoms with Gasteiger partial charge in [-0.3, -0.25) is 9.69 Å². The number of anilines is 2. The van der Waals surface area contributed by atoms with E-state index >= 15 is 0 Å². The van der Waals surface area contributed by atoms with Gasteiger partial charge in [-0.05, 0) is 66.7 Å². The number of nitrogens with zero attached hydrogens (tertiary/aromatic N) is 1. The first-order valence-electron chi connectivity index (χ1n) is 11.2. The van der Waals surface area contributed by atoms with E-state index < -0.39 is 23.6 Å². The Balaban J connectivity index is 1.48. The second kappa shape index (κ2) is 11.6. The van der Waals surface area contributed by atoms with Crippen molar-refractivity contribution < 1.29 is 23.1 Å². The number of benzene rings is 4. The normalized spacial score (nSPS) is 10.4. The summed E-state index contributed by atoms with van der Waals surface area (Å²) in [5, 5.41) is 5.23. The first-order valence-corrected chi connectivity index (χ1v) is 11.2. The van der Waals surface area contributed by atoms with Crippen LogP contribution in [0.3, 0.4) is 0 Å². The molecule has 0 spiro atoms. The fraction of sp³-hybridized carbons (Fsp3) is 0.0714. The van der Waals surface area contributed by atoms with Crippen molar-refractivity contribution >= 4 is 23.3 Å². The predicted molar refractivity (Wildman–Crippen MR) is 134 cm³/mol. The molecule has 36 heavy (non-hydrogen) atoms. The van der Waals surface area contributed by atoms with E-state index in [-0.39, 0.29) is 24.3 Å². The summed E-state index contributed by atoms with van der Waals surface area (Å²) in [6.45, 7) is 0.141. The van der Waals surface area contributed by atoms with Crippen LogP contribution < -0.4 is 20.3 Å². The first-order chi connectivity index (χ1) is 17.5. The van der Waals surface area contributed by atoms with Gasteiger partial charge >= 0.3 is 6.03 Å².